The molecule has 0 radical (unpaired) electrons. The van der Waals surface area contributed by atoms with Crippen LogP contribution in [0.3, 0.4) is 0 Å². The molecule has 2 atom stereocenters. The van der Waals surface area contributed by atoms with Gasteiger partial charge in [-0.25, -0.2) is 4.79 Å². The zero-order chi connectivity index (χ0) is 17.6. The van der Waals surface area contributed by atoms with Crippen LogP contribution in [0, 0.1) is 0 Å². The maximum absolute atomic E-state index is 12.1. The van der Waals surface area contributed by atoms with Crippen molar-refractivity contribution in [3.8, 4) is 0 Å². The average Bonchev–Trinajstić information content (AvgIpc) is 2.66. The summed E-state index contributed by atoms with van der Waals surface area (Å²) in [6, 6.07) is 14.3. The highest BCUT2D eigenvalue weighted by Crippen LogP contribution is 2.19. The summed E-state index contributed by atoms with van der Waals surface area (Å²) in [4.78, 5) is 18.8. The topological polar surface area (TPSA) is 57.3 Å². The molecule has 2 aromatic rings. The van der Waals surface area contributed by atoms with Gasteiger partial charge in [-0.3, -0.25) is 9.88 Å². The van der Waals surface area contributed by atoms with Crippen molar-refractivity contribution in [2.75, 3.05) is 13.1 Å². The highest BCUT2D eigenvalue weighted by atomic mass is 16.2. The zero-order valence-electron chi connectivity index (χ0n) is 14.9. The van der Waals surface area contributed by atoms with Gasteiger partial charge in [-0.05, 0) is 43.5 Å². The minimum atomic E-state index is -0.151. The molecular weight excluding hydrogens is 312 g/mol. The molecule has 0 fully saturated rings. The summed E-state index contributed by atoms with van der Waals surface area (Å²) in [6.07, 6.45) is 2.81. The molecule has 5 nitrogen and oxygen atoms in total. The van der Waals surface area contributed by atoms with Crippen LogP contribution in [0.25, 0.3) is 0 Å². The second-order valence-electron chi connectivity index (χ2n) is 6.67. The summed E-state index contributed by atoms with van der Waals surface area (Å²) in [5.74, 6) is 0. The Bertz CT molecular complexity index is 704. The Labute approximate surface area is 149 Å². The molecule has 5 heteroatoms. The van der Waals surface area contributed by atoms with Crippen molar-refractivity contribution in [2.45, 2.75) is 38.9 Å². The summed E-state index contributed by atoms with van der Waals surface area (Å²) in [5.41, 5.74) is 3.70. The number of carbonyl (C=O) groups excluding carboxylic acids is 1. The summed E-state index contributed by atoms with van der Waals surface area (Å²) in [5, 5.41) is 5.92. The van der Waals surface area contributed by atoms with Crippen LogP contribution in [-0.2, 0) is 13.0 Å². The fourth-order valence-electron chi connectivity index (χ4n) is 3.22. The van der Waals surface area contributed by atoms with Crippen molar-refractivity contribution in [3.63, 3.8) is 0 Å². The number of hydrogen-bond acceptors (Lipinski definition) is 3. The lowest BCUT2D eigenvalue weighted by Gasteiger charge is -2.33. The number of hydrogen-bond donors (Lipinski definition) is 2. The molecule has 25 heavy (non-hydrogen) atoms. The van der Waals surface area contributed by atoms with Gasteiger partial charge in [0, 0.05) is 31.9 Å². The molecule has 0 aliphatic carbocycles. The predicted octanol–water partition coefficient (Wildman–Crippen LogP) is 2.89. The van der Waals surface area contributed by atoms with E-state index >= 15 is 0 Å². The van der Waals surface area contributed by atoms with Gasteiger partial charge in [0.1, 0.15) is 0 Å². The van der Waals surface area contributed by atoms with Crippen molar-refractivity contribution < 1.29 is 4.79 Å². The standard InChI is InChI=1S/C20H26N4O/c1-15(24-12-10-17-7-3-4-8-18(17)14-24)13-22-20(25)23-16(2)19-9-5-6-11-21-19/h3-9,11,15-16H,10,12-14H2,1-2H3,(H2,22,23,25). The molecule has 2 heterocycles. The van der Waals surface area contributed by atoms with E-state index in [1.807, 2.05) is 25.1 Å². The van der Waals surface area contributed by atoms with Crippen LogP contribution in [0.1, 0.15) is 36.7 Å². The molecule has 2 amide bonds. The normalized spacial score (nSPS) is 16.6. The predicted molar refractivity (Wildman–Crippen MR) is 99.2 cm³/mol. The molecule has 132 valence electrons. The third-order valence-corrected chi connectivity index (χ3v) is 4.82. The molecule has 0 bridgehead atoms. The van der Waals surface area contributed by atoms with Gasteiger partial charge in [0.25, 0.3) is 0 Å². The SMILES string of the molecule is CC(NC(=O)NCC(C)N1CCc2ccccc2C1)c1ccccn1. The van der Waals surface area contributed by atoms with E-state index in [1.165, 1.54) is 11.1 Å². The third-order valence-electron chi connectivity index (χ3n) is 4.82. The van der Waals surface area contributed by atoms with Gasteiger partial charge in [0.2, 0.25) is 0 Å². The monoisotopic (exact) mass is 338 g/mol. The number of rotatable bonds is 5. The summed E-state index contributed by atoms with van der Waals surface area (Å²) < 4.78 is 0. The number of pyridine rings is 1. The Morgan fingerprint density at radius 2 is 1.92 bits per heavy atom. The largest absolute Gasteiger partial charge is 0.337 e. The van der Waals surface area contributed by atoms with E-state index in [2.05, 4.69) is 51.7 Å². The first-order chi connectivity index (χ1) is 12.1. The fraction of sp³-hybridized carbons (Fsp3) is 0.400. The molecule has 1 aromatic carbocycles. The molecule has 2 N–H and O–H groups in total. The fourth-order valence-corrected chi connectivity index (χ4v) is 3.22. The van der Waals surface area contributed by atoms with Crippen molar-refractivity contribution in [1.29, 1.82) is 0 Å². The number of urea groups is 1. The molecule has 0 spiro atoms. The maximum Gasteiger partial charge on any atom is 0.315 e. The zero-order valence-corrected chi connectivity index (χ0v) is 14.9. The maximum atomic E-state index is 12.1. The van der Waals surface area contributed by atoms with E-state index in [4.69, 9.17) is 0 Å². The van der Waals surface area contributed by atoms with Crippen LogP contribution in [0.15, 0.2) is 48.7 Å². The van der Waals surface area contributed by atoms with E-state index in [0.717, 1.165) is 25.2 Å². The van der Waals surface area contributed by atoms with E-state index in [1.54, 1.807) is 6.20 Å². The lowest BCUT2D eigenvalue weighted by atomic mass is 9.99. The van der Waals surface area contributed by atoms with Gasteiger partial charge in [-0.1, -0.05) is 30.3 Å². The van der Waals surface area contributed by atoms with Gasteiger partial charge < -0.3 is 10.6 Å². The Morgan fingerprint density at radius 1 is 1.16 bits per heavy atom. The molecule has 1 aromatic heterocycles. The molecule has 3 rings (SSSR count). The molecular formula is C20H26N4O. The van der Waals surface area contributed by atoms with Crippen LogP contribution in [0.5, 0.6) is 0 Å². The number of aromatic nitrogens is 1. The van der Waals surface area contributed by atoms with E-state index < -0.39 is 0 Å². The lowest BCUT2D eigenvalue weighted by Crippen LogP contribution is -2.47. The van der Waals surface area contributed by atoms with Crippen LogP contribution < -0.4 is 10.6 Å². The van der Waals surface area contributed by atoms with Gasteiger partial charge in [-0.2, -0.15) is 0 Å². The van der Waals surface area contributed by atoms with Gasteiger partial charge >= 0.3 is 6.03 Å². The summed E-state index contributed by atoms with van der Waals surface area (Å²) in [7, 11) is 0. The second-order valence-corrected chi connectivity index (χ2v) is 6.67. The van der Waals surface area contributed by atoms with Gasteiger partial charge in [-0.15, -0.1) is 0 Å². The Balaban J connectivity index is 1.46. The van der Waals surface area contributed by atoms with E-state index in [-0.39, 0.29) is 12.1 Å². The highest BCUT2D eigenvalue weighted by Gasteiger charge is 2.21. The smallest absolute Gasteiger partial charge is 0.315 e. The Hall–Kier alpha value is -2.40. The minimum Gasteiger partial charge on any atom is -0.337 e. The van der Waals surface area contributed by atoms with E-state index in [9.17, 15) is 4.79 Å². The van der Waals surface area contributed by atoms with Crippen molar-refractivity contribution in [3.05, 3.63) is 65.5 Å². The number of nitrogens with one attached hydrogen (secondary N) is 2. The quantitative estimate of drug-likeness (QED) is 0.881. The minimum absolute atomic E-state index is 0.113. The first-order valence-electron chi connectivity index (χ1n) is 8.89. The second kappa shape index (κ2) is 8.12. The molecule has 2 unspecified atom stereocenters. The number of benzene rings is 1. The van der Waals surface area contributed by atoms with Crippen LogP contribution in [0.4, 0.5) is 4.79 Å². The van der Waals surface area contributed by atoms with Crippen molar-refractivity contribution in [1.82, 2.24) is 20.5 Å². The van der Waals surface area contributed by atoms with Gasteiger partial charge in [0.15, 0.2) is 0 Å². The van der Waals surface area contributed by atoms with Crippen molar-refractivity contribution in [2.24, 2.45) is 0 Å². The number of carbonyl (C=O) groups is 1. The Morgan fingerprint density at radius 3 is 2.68 bits per heavy atom. The van der Waals surface area contributed by atoms with Crippen LogP contribution in [0.2, 0.25) is 0 Å². The van der Waals surface area contributed by atoms with Gasteiger partial charge in [0.05, 0.1) is 11.7 Å². The average molecular weight is 338 g/mol. The van der Waals surface area contributed by atoms with Crippen LogP contribution >= 0.6 is 0 Å². The third kappa shape index (κ3) is 4.57. The van der Waals surface area contributed by atoms with Crippen LogP contribution in [-0.4, -0.2) is 35.0 Å². The lowest BCUT2D eigenvalue weighted by molar-refractivity contribution is 0.184. The number of amides is 2. The Kier molecular flexibility index (Phi) is 5.66. The number of nitrogens with zero attached hydrogens (tertiary/aromatic N) is 2. The molecule has 1 aliphatic rings. The highest BCUT2D eigenvalue weighted by molar-refractivity contribution is 5.74. The van der Waals surface area contributed by atoms with Crippen molar-refractivity contribution >= 4 is 6.03 Å². The number of fused-ring (bicyclic) bond motifs is 1. The first kappa shape index (κ1) is 17.4. The van der Waals surface area contributed by atoms with E-state index in [0.29, 0.717) is 12.6 Å². The summed E-state index contributed by atoms with van der Waals surface area (Å²) in [6.45, 7) is 6.71. The summed E-state index contributed by atoms with van der Waals surface area (Å²) >= 11 is 0. The molecule has 0 saturated heterocycles. The molecule has 0 saturated carbocycles. The molecule has 1 aliphatic heterocycles. The first-order valence-corrected chi connectivity index (χ1v) is 8.89.